The maximum atomic E-state index is 12.8. The van der Waals surface area contributed by atoms with Crippen molar-refractivity contribution in [1.82, 2.24) is 20.2 Å². The Kier molecular flexibility index (Phi) is 7.10. The van der Waals surface area contributed by atoms with Gasteiger partial charge in [-0.2, -0.15) is 0 Å². The minimum Gasteiger partial charge on any atom is -0.467 e. The van der Waals surface area contributed by atoms with E-state index in [9.17, 15) is 14.4 Å². The Morgan fingerprint density at radius 2 is 2.14 bits per heavy atom. The summed E-state index contributed by atoms with van der Waals surface area (Å²) >= 11 is 4.48. The number of benzene rings is 1. The van der Waals surface area contributed by atoms with Gasteiger partial charge in [0.25, 0.3) is 5.56 Å². The van der Waals surface area contributed by atoms with E-state index in [0.29, 0.717) is 28.4 Å². The molecule has 3 rings (SSSR count). The summed E-state index contributed by atoms with van der Waals surface area (Å²) < 4.78 is 7.47. The van der Waals surface area contributed by atoms with E-state index in [2.05, 4.69) is 31.5 Å². The predicted octanol–water partition coefficient (Wildman–Crippen LogP) is 3.28. The quantitative estimate of drug-likeness (QED) is 0.398. The van der Waals surface area contributed by atoms with Crippen LogP contribution in [0, 0.1) is 0 Å². The molecule has 0 fully saturated rings. The van der Waals surface area contributed by atoms with Crippen molar-refractivity contribution in [2.75, 3.05) is 5.75 Å². The van der Waals surface area contributed by atoms with Crippen molar-refractivity contribution >= 4 is 50.5 Å². The van der Waals surface area contributed by atoms with Crippen LogP contribution in [-0.4, -0.2) is 27.2 Å². The van der Waals surface area contributed by atoms with Crippen molar-refractivity contribution in [3.05, 3.63) is 57.2 Å². The molecule has 2 N–H and O–H groups in total. The van der Waals surface area contributed by atoms with Crippen molar-refractivity contribution in [2.45, 2.75) is 31.6 Å². The molecule has 0 bridgehead atoms. The normalized spacial score (nSPS) is 10.8. The monoisotopic (exact) mass is 478 g/mol. The number of carbonyl (C=O) groups excluding carboxylic acids is 2. The van der Waals surface area contributed by atoms with Gasteiger partial charge < -0.3 is 9.73 Å². The van der Waals surface area contributed by atoms with Crippen molar-refractivity contribution in [3.63, 3.8) is 0 Å². The number of rotatable bonds is 7. The van der Waals surface area contributed by atoms with Gasteiger partial charge in [0.2, 0.25) is 5.91 Å². The number of carbonyl (C=O) groups is 2. The highest BCUT2D eigenvalue weighted by atomic mass is 79.9. The third-order valence-electron chi connectivity index (χ3n) is 3.92. The molecule has 8 nitrogen and oxygen atoms in total. The number of hydrogen-bond acceptors (Lipinski definition) is 6. The van der Waals surface area contributed by atoms with Gasteiger partial charge >= 0.3 is 6.03 Å². The van der Waals surface area contributed by atoms with E-state index in [1.165, 1.54) is 6.26 Å². The van der Waals surface area contributed by atoms with Gasteiger partial charge in [0, 0.05) is 11.0 Å². The highest BCUT2D eigenvalue weighted by Crippen LogP contribution is 2.20. The number of halogens is 1. The average Bonchev–Trinajstić information content (AvgIpc) is 3.21. The van der Waals surface area contributed by atoms with Crippen LogP contribution in [0.3, 0.4) is 0 Å². The molecule has 1 aromatic carbocycles. The summed E-state index contributed by atoms with van der Waals surface area (Å²) in [5.41, 5.74) is 0.405. The lowest BCUT2D eigenvalue weighted by Crippen LogP contribution is -2.40. The number of imide groups is 1. The summed E-state index contributed by atoms with van der Waals surface area (Å²) in [6.45, 7) is 2.63. The van der Waals surface area contributed by atoms with Crippen LogP contribution in [0.5, 0.6) is 0 Å². The average molecular weight is 479 g/mol. The molecule has 0 unspecified atom stereocenters. The number of hydrogen-bond donors (Lipinski definition) is 2. The van der Waals surface area contributed by atoms with E-state index in [4.69, 9.17) is 4.42 Å². The molecule has 3 aromatic rings. The lowest BCUT2D eigenvalue weighted by Gasteiger charge is -2.12. The van der Waals surface area contributed by atoms with Crippen molar-refractivity contribution in [3.8, 4) is 0 Å². The molecule has 0 aliphatic carbocycles. The Labute approximate surface area is 179 Å². The van der Waals surface area contributed by atoms with E-state index in [1.54, 1.807) is 28.8 Å². The number of aromatic nitrogens is 2. The Balaban J connectivity index is 1.66. The molecule has 10 heteroatoms. The minimum atomic E-state index is -0.616. The topological polar surface area (TPSA) is 106 Å². The van der Waals surface area contributed by atoms with E-state index in [0.717, 1.165) is 22.7 Å². The van der Waals surface area contributed by atoms with Crippen molar-refractivity contribution in [1.29, 1.82) is 0 Å². The second kappa shape index (κ2) is 9.75. The first-order valence-corrected chi connectivity index (χ1v) is 10.7. The second-order valence-electron chi connectivity index (χ2n) is 6.11. The summed E-state index contributed by atoms with van der Waals surface area (Å²) in [5.74, 6) is 0.0458. The zero-order valence-electron chi connectivity index (χ0n) is 15.6. The first-order chi connectivity index (χ1) is 14.0. The zero-order chi connectivity index (χ0) is 20.8. The van der Waals surface area contributed by atoms with Gasteiger partial charge in [-0.1, -0.05) is 34.6 Å². The standard InChI is InChI=1S/C19H19BrN4O4S/c1-2-7-24-17(26)14-9-12(20)5-6-15(14)22-19(24)29-11-16(25)23-18(27)21-10-13-4-3-8-28-13/h3-6,8-9H,2,7,10-11H2,1H3,(H2,21,23,25,27). The van der Waals surface area contributed by atoms with Crippen LogP contribution in [0.25, 0.3) is 10.9 Å². The molecule has 0 aliphatic heterocycles. The SMILES string of the molecule is CCCn1c(SCC(=O)NC(=O)NCc2ccco2)nc2ccc(Br)cc2c1=O. The van der Waals surface area contributed by atoms with Crippen LogP contribution < -0.4 is 16.2 Å². The molecule has 29 heavy (non-hydrogen) atoms. The number of nitrogens with zero attached hydrogens (tertiary/aromatic N) is 2. The molecule has 152 valence electrons. The van der Waals surface area contributed by atoms with E-state index in [-0.39, 0.29) is 17.9 Å². The second-order valence-corrected chi connectivity index (χ2v) is 7.97. The van der Waals surface area contributed by atoms with Gasteiger partial charge in [-0.05, 0) is 36.8 Å². The van der Waals surface area contributed by atoms with Crippen molar-refractivity contribution < 1.29 is 14.0 Å². The fourth-order valence-electron chi connectivity index (χ4n) is 2.62. The highest BCUT2D eigenvalue weighted by molar-refractivity contribution is 9.10. The maximum absolute atomic E-state index is 12.8. The van der Waals surface area contributed by atoms with Gasteiger partial charge in [-0.25, -0.2) is 9.78 Å². The van der Waals surface area contributed by atoms with Gasteiger partial charge in [0.15, 0.2) is 5.16 Å². The first-order valence-electron chi connectivity index (χ1n) is 8.91. The van der Waals surface area contributed by atoms with Gasteiger partial charge in [-0.15, -0.1) is 0 Å². The number of thioether (sulfide) groups is 1. The number of amides is 3. The minimum absolute atomic E-state index is 0.0492. The molecule has 0 spiro atoms. The van der Waals surface area contributed by atoms with Crippen LogP contribution in [0.4, 0.5) is 4.79 Å². The van der Waals surface area contributed by atoms with E-state index < -0.39 is 11.9 Å². The Hall–Kier alpha value is -2.59. The molecular formula is C19H19BrN4O4S. The van der Waals surface area contributed by atoms with Gasteiger partial charge in [-0.3, -0.25) is 19.5 Å². The summed E-state index contributed by atoms with van der Waals surface area (Å²) in [5, 5.41) is 5.74. The van der Waals surface area contributed by atoms with Gasteiger partial charge in [0.05, 0.1) is 29.5 Å². The van der Waals surface area contributed by atoms with Crippen LogP contribution >= 0.6 is 27.7 Å². The number of urea groups is 1. The summed E-state index contributed by atoms with van der Waals surface area (Å²) in [4.78, 5) is 41.3. The molecular weight excluding hydrogens is 460 g/mol. The molecule has 0 saturated heterocycles. The number of nitrogens with one attached hydrogen (secondary N) is 2. The first kappa shape index (κ1) is 21.1. The van der Waals surface area contributed by atoms with Gasteiger partial charge in [0.1, 0.15) is 5.76 Å². The third kappa shape index (κ3) is 5.48. The molecule has 0 radical (unpaired) electrons. The Morgan fingerprint density at radius 1 is 1.31 bits per heavy atom. The summed E-state index contributed by atoms with van der Waals surface area (Å²) in [6.07, 6.45) is 2.25. The van der Waals surface area contributed by atoms with E-state index in [1.807, 2.05) is 13.0 Å². The molecule has 2 heterocycles. The molecule has 0 atom stereocenters. The fraction of sp³-hybridized carbons (Fsp3) is 0.263. The Morgan fingerprint density at radius 3 is 2.86 bits per heavy atom. The molecule has 2 aromatic heterocycles. The molecule has 3 amide bonds. The van der Waals surface area contributed by atoms with Crippen LogP contribution in [0.2, 0.25) is 0 Å². The smallest absolute Gasteiger partial charge is 0.321 e. The van der Waals surface area contributed by atoms with Crippen LogP contribution in [0.15, 0.2) is 55.4 Å². The predicted molar refractivity (Wildman–Crippen MR) is 114 cm³/mol. The third-order valence-corrected chi connectivity index (χ3v) is 5.39. The highest BCUT2D eigenvalue weighted by Gasteiger charge is 2.14. The lowest BCUT2D eigenvalue weighted by molar-refractivity contribution is -0.117. The fourth-order valence-corrected chi connectivity index (χ4v) is 3.81. The molecule has 0 saturated carbocycles. The summed E-state index contributed by atoms with van der Waals surface area (Å²) in [7, 11) is 0. The molecule has 0 aliphatic rings. The number of fused-ring (bicyclic) bond motifs is 1. The lowest BCUT2D eigenvalue weighted by atomic mass is 10.2. The van der Waals surface area contributed by atoms with Crippen molar-refractivity contribution in [2.24, 2.45) is 0 Å². The zero-order valence-corrected chi connectivity index (χ0v) is 18.0. The van der Waals surface area contributed by atoms with Crippen LogP contribution in [0.1, 0.15) is 19.1 Å². The number of furan rings is 1. The van der Waals surface area contributed by atoms with Crippen LogP contribution in [-0.2, 0) is 17.9 Å². The Bertz CT molecular complexity index is 1080. The maximum Gasteiger partial charge on any atom is 0.321 e. The largest absolute Gasteiger partial charge is 0.467 e. The summed E-state index contributed by atoms with van der Waals surface area (Å²) in [6, 6.07) is 8.11. The van der Waals surface area contributed by atoms with E-state index >= 15 is 0 Å².